The summed E-state index contributed by atoms with van der Waals surface area (Å²) in [5.41, 5.74) is 4.71. The topological polar surface area (TPSA) is 222 Å². The average molecular weight is 322 g/mol. The molecule has 23 heavy (non-hydrogen) atoms. The fraction of sp³-hybridized carbons (Fsp3) is 0. The maximum atomic E-state index is 11.1. The van der Waals surface area contributed by atoms with Gasteiger partial charge in [0.1, 0.15) is 0 Å². The molecule has 0 N–H and O–H groups in total. The first-order chi connectivity index (χ1) is 10.9. The SMILES string of the molecule is [N-]=[N+]=Nc1nnnn1-c1c([N+](=O)[O-])cc([N+](=O)[O-])cc1[N+](=O)[O-]. The Hall–Kier alpha value is -4.20. The third-order valence-electron chi connectivity index (χ3n) is 2.46. The van der Waals surface area contributed by atoms with Crippen LogP contribution in [0.3, 0.4) is 0 Å². The number of nitrogens with zero attached hydrogens (tertiary/aromatic N) is 10. The van der Waals surface area contributed by atoms with Crippen LogP contribution >= 0.6 is 0 Å². The summed E-state index contributed by atoms with van der Waals surface area (Å²) in [7, 11) is 0. The van der Waals surface area contributed by atoms with Gasteiger partial charge in [0.15, 0.2) is 0 Å². The number of benzene rings is 1. The minimum atomic E-state index is -1.09. The van der Waals surface area contributed by atoms with Crippen molar-refractivity contribution in [3.63, 3.8) is 0 Å². The molecular formula is C7H2N10O6. The van der Waals surface area contributed by atoms with Crippen LogP contribution in [0.1, 0.15) is 0 Å². The minimum Gasteiger partial charge on any atom is -0.258 e. The lowest BCUT2D eigenvalue weighted by molar-refractivity contribution is -0.402. The number of nitro benzene ring substituents is 3. The molecule has 1 heterocycles. The molecule has 2 rings (SSSR count). The van der Waals surface area contributed by atoms with E-state index in [1.54, 1.807) is 0 Å². The van der Waals surface area contributed by atoms with Gasteiger partial charge in [-0.1, -0.05) is 0 Å². The number of aromatic nitrogens is 4. The second-order valence-electron chi connectivity index (χ2n) is 3.68. The lowest BCUT2D eigenvalue weighted by Crippen LogP contribution is -2.07. The molecule has 16 nitrogen and oxygen atoms in total. The van der Waals surface area contributed by atoms with Gasteiger partial charge in [0.05, 0.1) is 26.9 Å². The van der Waals surface area contributed by atoms with Crippen molar-refractivity contribution in [2.24, 2.45) is 5.11 Å². The number of nitro groups is 3. The highest BCUT2D eigenvalue weighted by atomic mass is 16.6. The van der Waals surface area contributed by atoms with Gasteiger partial charge in [-0.3, -0.25) is 30.3 Å². The lowest BCUT2D eigenvalue weighted by Gasteiger charge is -2.04. The van der Waals surface area contributed by atoms with Crippen molar-refractivity contribution >= 4 is 23.0 Å². The van der Waals surface area contributed by atoms with Gasteiger partial charge in [0, 0.05) is 4.91 Å². The number of hydrogen-bond donors (Lipinski definition) is 0. The fourth-order valence-electron chi connectivity index (χ4n) is 1.62. The molecular weight excluding hydrogens is 320 g/mol. The monoisotopic (exact) mass is 322 g/mol. The highest BCUT2D eigenvalue weighted by molar-refractivity contribution is 5.70. The van der Waals surface area contributed by atoms with E-state index in [9.17, 15) is 30.3 Å². The average Bonchev–Trinajstić information content (AvgIpc) is 2.93. The van der Waals surface area contributed by atoms with E-state index in [2.05, 4.69) is 25.6 Å². The van der Waals surface area contributed by atoms with Crippen molar-refractivity contribution in [2.75, 3.05) is 0 Å². The van der Waals surface area contributed by atoms with Crippen molar-refractivity contribution in [1.82, 2.24) is 20.2 Å². The maximum absolute atomic E-state index is 11.1. The Balaban J connectivity index is 2.92. The van der Waals surface area contributed by atoms with Crippen LogP contribution in [0.25, 0.3) is 16.1 Å². The molecule has 116 valence electrons. The van der Waals surface area contributed by atoms with Crippen molar-refractivity contribution < 1.29 is 14.8 Å². The summed E-state index contributed by atoms with van der Waals surface area (Å²) >= 11 is 0. The van der Waals surface area contributed by atoms with Gasteiger partial charge in [0.25, 0.3) is 5.69 Å². The van der Waals surface area contributed by atoms with Crippen molar-refractivity contribution in [3.05, 3.63) is 52.9 Å². The largest absolute Gasteiger partial charge is 0.309 e. The van der Waals surface area contributed by atoms with E-state index in [-0.39, 0.29) is 0 Å². The van der Waals surface area contributed by atoms with Gasteiger partial charge < -0.3 is 0 Å². The van der Waals surface area contributed by atoms with Crippen LogP contribution in [-0.2, 0) is 0 Å². The van der Waals surface area contributed by atoms with Crippen LogP contribution in [0.5, 0.6) is 0 Å². The number of tetrazole rings is 1. The molecule has 0 amide bonds. The summed E-state index contributed by atoms with van der Waals surface area (Å²) in [5.74, 6) is -0.618. The number of azide groups is 1. The summed E-state index contributed by atoms with van der Waals surface area (Å²) < 4.78 is 0.444. The van der Waals surface area contributed by atoms with Gasteiger partial charge in [0.2, 0.25) is 11.6 Å². The Bertz CT molecular complexity index is 847. The van der Waals surface area contributed by atoms with E-state index in [0.29, 0.717) is 16.8 Å². The van der Waals surface area contributed by atoms with Crippen molar-refractivity contribution in [3.8, 4) is 5.69 Å². The van der Waals surface area contributed by atoms with Gasteiger partial charge in [-0.05, 0) is 21.1 Å². The van der Waals surface area contributed by atoms with Crippen molar-refractivity contribution in [1.29, 1.82) is 0 Å². The first kappa shape index (κ1) is 15.2. The zero-order chi connectivity index (χ0) is 17.1. The van der Waals surface area contributed by atoms with E-state index >= 15 is 0 Å². The zero-order valence-electron chi connectivity index (χ0n) is 10.6. The molecule has 0 bridgehead atoms. The first-order valence-electron chi connectivity index (χ1n) is 5.32. The lowest BCUT2D eigenvalue weighted by atomic mass is 10.2. The molecule has 0 saturated heterocycles. The van der Waals surface area contributed by atoms with Crippen LogP contribution in [0.2, 0.25) is 0 Å². The summed E-state index contributed by atoms with van der Waals surface area (Å²) in [4.78, 5) is 32.2. The van der Waals surface area contributed by atoms with Crippen LogP contribution in [0, 0.1) is 30.3 Å². The summed E-state index contributed by atoms with van der Waals surface area (Å²) in [6.45, 7) is 0. The molecule has 0 unspecified atom stereocenters. The molecule has 0 atom stereocenters. The standard InChI is InChI=1S/C7H2N10O6/c8-11-9-7-10-12-13-14(7)6-4(16(20)21)1-3(15(18)19)2-5(6)17(22)23/h1-2H. The van der Waals surface area contributed by atoms with E-state index < -0.39 is 43.5 Å². The highest BCUT2D eigenvalue weighted by Crippen LogP contribution is 2.37. The molecule has 1 aromatic heterocycles. The van der Waals surface area contributed by atoms with Crippen LogP contribution < -0.4 is 0 Å². The summed E-state index contributed by atoms with van der Waals surface area (Å²) in [6, 6.07) is 1.01. The van der Waals surface area contributed by atoms with Gasteiger partial charge >= 0.3 is 11.4 Å². The Kier molecular flexibility index (Phi) is 3.74. The smallest absolute Gasteiger partial charge is 0.258 e. The Morgan fingerprint density at radius 2 is 1.65 bits per heavy atom. The van der Waals surface area contributed by atoms with E-state index in [0.717, 1.165) is 0 Å². The normalized spacial score (nSPS) is 9.91. The quantitative estimate of drug-likeness (QED) is 0.254. The molecule has 0 fully saturated rings. The van der Waals surface area contributed by atoms with E-state index in [1.807, 2.05) is 0 Å². The Morgan fingerprint density at radius 3 is 2.09 bits per heavy atom. The first-order valence-corrected chi connectivity index (χ1v) is 5.32. The molecule has 2 aromatic rings. The van der Waals surface area contributed by atoms with Crippen molar-refractivity contribution in [2.45, 2.75) is 0 Å². The molecule has 16 heteroatoms. The van der Waals surface area contributed by atoms with Crippen LogP contribution in [0.4, 0.5) is 23.0 Å². The zero-order valence-corrected chi connectivity index (χ0v) is 10.6. The molecule has 0 aliphatic heterocycles. The minimum absolute atomic E-state index is 0.444. The highest BCUT2D eigenvalue weighted by Gasteiger charge is 2.33. The maximum Gasteiger partial charge on any atom is 0.309 e. The summed E-state index contributed by atoms with van der Waals surface area (Å²) in [5, 5.41) is 45.6. The number of non-ortho nitro benzene ring substituents is 1. The van der Waals surface area contributed by atoms with E-state index in [1.165, 1.54) is 0 Å². The molecule has 0 saturated carbocycles. The van der Waals surface area contributed by atoms with Gasteiger partial charge in [-0.2, -0.15) is 4.68 Å². The fourth-order valence-corrected chi connectivity index (χ4v) is 1.62. The molecule has 1 aromatic carbocycles. The number of hydrogen-bond acceptors (Lipinski definition) is 10. The third-order valence-corrected chi connectivity index (χ3v) is 2.46. The summed E-state index contributed by atoms with van der Waals surface area (Å²) in [6.07, 6.45) is 0. The molecule has 0 radical (unpaired) electrons. The Morgan fingerprint density at radius 1 is 1.09 bits per heavy atom. The van der Waals surface area contributed by atoms with Gasteiger partial charge in [-0.15, -0.1) is 5.10 Å². The molecule has 0 aliphatic carbocycles. The second-order valence-corrected chi connectivity index (χ2v) is 3.68. The predicted molar refractivity (Wildman–Crippen MR) is 67.9 cm³/mol. The predicted octanol–water partition coefficient (Wildman–Crippen LogP) is 1.33. The van der Waals surface area contributed by atoms with Gasteiger partial charge in [-0.25, -0.2) is 0 Å². The van der Waals surface area contributed by atoms with E-state index in [4.69, 9.17) is 5.53 Å². The second kappa shape index (κ2) is 5.66. The molecule has 0 aliphatic rings. The van der Waals surface area contributed by atoms with Crippen LogP contribution in [-0.4, -0.2) is 35.0 Å². The molecule has 0 spiro atoms. The number of rotatable bonds is 5. The Labute approximate surface area is 123 Å². The third kappa shape index (κ3) is 2.67. The van der Waals surface area contributed by atoms with Crippen LogP contribution in [0.15, 0.2) is 17.2 Å².